The van der Waals surface area contributed by atoms with Crippen molar-refractivity contribution in [1.82, 2.24) is 10.2 Å². The van der Waals surface area contributed by atoms with Crippen LogP contribution in [0, 0.1) is 10.1 Å². The van der Waals surface area contributed by atoms with E-state index >= 15 is 0 Å². The minimum atomic E-state index is -0.334. The van der Waals surface area contributed by atoms with Crippen molar-refractivity contribution in [3.8, 4) is 0 Å². The van der Waals surface area contributed by atoms with Crippen molar-refractivity contribution in [3.63, 3.8) is 0 Å². The number of aryl methyl sites for hydroxylation is 1. The molecule has 18 heavy (non-hydrogen) atoms. The monoisotopic (exact) mass is 249 g/mol. The van der Waals surface area contributed by atoms with Crippen molar-refractivity contribution in [1.29, 1.82) is 0 Å². The molecule has 1 saturated heterocycles. The maximum absolute atomic E-state index is 10.7. The van der Waals surface area contributed by atoms with Gasteiger partial charge in [-0.15, -0.1) is 0 Å². The lowest BCUT2D eigenvalue weighted by Gasteiger charge is -2.27. The Morgan fingerprint density at radius 3 is 2.83 bits per heavy atom. The van der Waals surface area contributed by atoms with E-state index in [-0.39, 0.29) is 10.6 Å². The van der Waals surface area contributed by atoms with Gasteiger partial charge in [-0.2, -0.15) is 0 Å². The van der Waals surface area contributed by atoms with Gasteiger partial charge in [0.05, 0.1) is 4.92 Å². The predicted octanol–water partition coefficient (Wildman–Crippen LogP) is 1.43. The second-order valence-electron chi connectivity index (χ2n) is 4.62. The highest BCUT2D eigenvalue weighted by molar-refractivity contribution is 5.34. The summed E-state index contributed by atoms with van der Waals surface area (Å²) in [4.78, 5) is 12.8. The standard InChI is InChI=1S/C13H19N3O2/c17-16(18)13-5-1-3-12(11-13)4-2-8-15-9-6-14-7-10-15/h1,3,5,11,14H,2,4,6-10H2. The fourth-order valence-electron chi connectivity index (χ4n) is 2.27. The fourth-order valence-corrected chi connectivity index (χ4v) is 2.27. The van der Waals surface area contributed by atoms with Crippen LogP contribution in [0.1, 0.15) is 12.0 Å². The van der Waals surface area contributed by atoms with Crippen molar-refractivity contribution < 1.29 is 4.92 Å². The molecule has 98 valence electrons. The molecule has 2 rings (SSSR count). The first-order chi connectivity index (χ1) is 8.75. The number of nitrogens with zero attached hydrogens (tertiary/aromatic N) is 2. The van der Waals surface area contributed by atoms with E-state index in [1.165, 1.54) is 0 Å². The minimum Gasteiger partial charge on any atom is -0.314 e. The molecule has 1 fully saturated rings. The summed E-state index contributed by atoms with van der Waals surface area (Å²) in [5.41, 5.74) is 1.24. The predicted molar refractivity (Wildman–Crippen MR) is 70.7 cm³/mol. The highest BCUT2D eigenvalue weighted by atomic mass is 16.6. The Morgan fingerprint density at radius 1 is 1.33 bits per heavy atom. The molecule has 1 aromatic carbocycles. The lowest BCUT2D eigenvalue weighted by molar-refractivity contribution is -0.384. The number of nitro groups is 1. The van der Waals surface area contributed by atoms with Crippen molar-refractivity contribution in [2.45, 2.75) is 12.8 Å². The fraction of sp³-hybridized carbons (Fsp3) is 0.538. The summed E-state index contributed by atoms with van der Waals surface area (Å²) in [7, 11) is 0. The molecular weight excluding hydrogens is 230 g/mol. The van der Waals surface area contributed by atoms with Crippen molar-refractivity contribution in [2.24, 2.45) is 0 Å². The molecule has 1 aromatic rings. The van der Waals surface area contributed by atoms with Crippen LogP contribution in [0.5, 0.6) is 0 Å². The molecule has 0 amide bonds. The molecule has 0 bridgehead atoms. The summed E-state index contributed by atoms with van der Waals surface area (Å²) >= 11 is 0. The summed E-state index contributed by atoms with van der Waals surface area (Å²) in [5, 5.41) is 14.0. The molecule has 1 aliphatic heterocycles. The minimum absolute atomic E-state index is 0.190. The van der Waals surface area contributed by atoms with E-state index in [0.29, 0.717) is 0 Å². The highest BCUT2D eigenvalue weighted by Crippen LogP contribution is 2.14. The van der Waals surface area contributed by atoms with Crippen molar-refractivity contribution in [2.75, 3.05) is 32.7 Å². The van der Waals surface area contributed by atoms with Crippen LogP contribution in [0.25, 0.3) is 0 Å². The number of piperazine rings is 1. The van der Waals surface area contributed by atoms with Gasteiger partial charge in [0.25, 0.3) is 5.69 Å². The Kier molecular flexibility index (Phi) is 4.66. The Labute approximate surface area is 107 Å². The molecule has 0 aromatic heterocycles. The molecular formula is C13H19N3O2. The summed E-state index contributed by atoms with van der Waals surface area (Å²) in [5.74, 6) is 0. The second kappa shape index (κ2) is 6.47. The highest BCUT2D eigenvalue weighted by Gasteiger charge is 2.09. The number of hydrogen-bond acceptors (Lipinski definition) is 4. The average molecular weight is 249 g/mol. The van der Waals surface area contributed by atoms with Gasteiger partial charge in [-0.25, -0.2) is 0 Å². The van der Waals surface area contributed by atoms with Gasteiger partial charge in [0.2, 0.25) is 0 Å². The number of hydrogen-bond donors (Lipinski definition) is 1. The van der Waals surface area contributed by atoms with Gasteiger partial charge in [-0.05, 0) is 24.9 Å². The molecule has 0 aliphatic carbocycles. The van der Waals surface area contributed by atoms with Gasteiger partial charge in [-0.1, -0.05) is 12.1 Å². The SMILES string of the molecule is O=[N+]([O-])c1cccc(CCCN2CCNCC2)c1. The quantitative estimate of drug-likeness (QED) is 0.633. The van der Waals surface area contributed by atoms with E-state index in [9.17, 15) is 10.1 Å². The van der Waals surface area contributed by atoms with E-state index < -0.39 is 0 Å². The van der Waals surface area contributed by atoms with Crippen LogP contribution in [0.4, 0.5) is 5.69 Å². The van der Waals surface area contributed by atoms with Crippen LogP contribution in [0.2, 0.25) is 0 Å². The van der Waals surface area contributed by atoms with Crippen LogP contribution in [0.3, 0.4) is 0 Å². The normalized spacial score (nSPS) is 16.7. The van der Waals surface area contributed by atoms with Gasteiger partial charge in [0, 0.05) is 38.3 Å². The molecule has 1 heterocycles. The smallest absolute Gasteiger partial charge is 0.269 e. The largest absolute Gasteiger partial charge is 0.314 e. The zero-order valence-corrected chi connectivity index (χ0v) is 10.5. The van der Waals surface area contributed by atoms with Gasteiger partial charge >= 0.3 is 0 Å². The molecule has 0 unspecified atom stereocenters. The van der Waals surface area contributed by atoms with E-state index in [1.54, 1.807) is 18.2 Å². The van der Waals surface area contributed by atoms with Gasteiger partial charge in [-0.3, -0.25) is 10.1 Å². The molecule has 0 spiro atoms. The molecule has 1 N–H and O–H groups in total. The Balaban J connectivity index is 1.78. The first kappa shape index (κ1) is 13.0. The third-order valence-corrected chi connectivity index (χ3v) is 3.27. The van der Waals surface area contributed by atoms with Crippen LogP contribution in [-0.4, -0.2) is 42.5 Å². The lowest BCUT2D eigenvalue weighted by atomic mass is 10.1. The van der Waals surface area contributed by atoms with Crippen molar-refractivity contribution >= 4 is 5.69 Å². The molecule has 0 saturated carbocycles. The van der Waals surface area contributed by atoms with Gasteiger partial charge in [0.1, 0.15) is 0 Å². The summed E-state index contributed by atoms with van der Waals surface area (Å²) in [6.45, 7) is 5.42. The van der Waals surface area contributed by atoms with Gasteiger partial charge in [0.15, 0.2) is 0 Å². The second-order valence-corrected chi connectivity index (χ2v) is 4.62. The zero-order chi connectivity index (χ0) is 12.8. The van der Waals surface area contributed by atoms with Crippen LogP contribution >= 0.6 is 0 Å². The average Bonchev–Trinajstić information content (AvgIpc) is 2.40. The Hall–Kier alpha value is -1.46. The maximum Gasteiger partial charge on any atom is 0.269 e. The van der Waals surface area contributed by atoms with Crippen molar-refractivity contribution in [3.05, 3.63) is 39.9 Å². The first-order valence-corrected chi connectivity index (χ1v) is 6.42. The Bertz CT molecular complexity index is 403. The molecule has 0 atom stereocenters. The van der Waals surface area contributed by atoms with Crippen LogP contribution in [-0.2, 0) is 6.42 Å². The Morgan fingerprint density at radius 2 is 2.11 bits per heavy atom. The molecule has 0 radical (unpaired) electrons. The number of nitro benzene ring substituents is 1. The summed E-state index contributed by atoms with van der Waals surface area (Å²) < 4.78 is 0. The molecule has 5 nitrogen and oxygen atoms in total. The maximum atomic E-state index is 10.7. The zero-order valence-electron chi connectivity index (χ0n) is 10.5. The van der Waals surface area contributed by atoms with Crippen LogP contribution < -0.4 is 5.32 Å². The van der Waals surface area contributed by atoms with Crippen LogP contribution in [0.15, 0.2) is 24.3 Å². The number of nitrogens with one attached hydrogen (secondary N) is 1. The first-order valence-electron chi connectivity index (χ1n) is 6.42. The number of benzene rings is 1. The molecule has 1 aliphatic rings. The number of non-ortho nitro benzene ring substituents is 1. The third kappa shape index (κ3) is 3.78. The summed E-state index contributed by atoms with van der Waals surface area (Å²) in [6.07, 6.45) is 1.97. The lowest BCUT2D eigenvalue weighted by Crippen LogP contribution is -2.43. The van der Waals surface area contributed by atoms with E-state index in [1.807, 2.05) is 6.07 Å². The number of rotatable bonds is 5. The molecule has 5 heteroatoms. The summed E-state index contributed by atoms with van der Waals surface area (Å²) in [6, 6.07) is 6.95. The van der Waals surface area contributed by atoms with E-state index in [2.05, 4.69) is 10.2 Å². The third-order valence-electron chi connectivity index (χ3n) is 3.27. The van der Waals surface area contributed by atoms with Gasteiger partial charge < -0.3 is 10.2 Å². The topological polar surface area (TPSA) is 58.4 Å². The van der Waals surface area contributed by atoms with E-state index in [4.69, 9.17) is 0 Å². The van der Waals surface area contributed by atoms with E-state index in [0.717, 1.165) is 51.1 Å².